The molecule has 0 aliphatic carbocycles. The van der Waals surface area contributed by atoms with Crippen molar-refractivity contribution in [2.24, 2.45) is 10.2 Å². The molecule has 12 heavy (non-hydrogen) atoms. The molecule has 0 amide bonds. The Morgan fingerprint density at radius 3 is 3.00 bits per heavy atom. The Kier molecular flexibility index (Phi) is 1.78. The second kappa shape index (κ2) is 2.93. The van der Waals surface area contributed by atoms with Gasteiger partial charge < -0.3 is 5.11 Å². The predicted octanol–water partition coefficient (Wildman–Crippen LogP) is 2.29. The van der Waals surface area contributed by atoms with Gasteiger partial charge in [-0.15, -0.1) is 0 Å². The standard InChI is InChI=1S/C9H10N2O/c12-8-3-1-2-7(6-8)9-4-5-10-11-9/h1-3,6,9,12H,4-5H2. The summed E-state index contributed by atoms with van der Waals surface area (Å²) in [7, 11) is 0. The molecule has 0 radical (unpaired) electrons. The van der Waals surface area contributed by atoms with Crippen LogP contribution in [0.3, 0.4) is 0 Å². The fourth-order valence-electron chi connectivity index (χ4n) is 1.36. The second-order valence-corrected chi connectivity index (χ2v) is 2.88. The SMILES string of the molecule is Oc1cccc(C2CCN=N2)c1. The summed E-state index contributed by atoms with van der Waals surface area (Å²) in [5.74, 6) is 0.301. The van der Waals surface area contributed by atoms with Crippen LogP contribution in [0.1, 0.15) is 18.0 Å². The lowest BCUT2D eigenvalue weighted by Crippen LogP contribution is -1.90. The quantitative estimate of drug-likeness (QED) is 0.676. The van der Waals surface area contributed by atoms with Gasteiger partial charge in [-0.3, -0.25) is 0 Å². The summed E-state index contributed by atoms with van der Waals surface area (Å²) in [4.78, 5) is 0. The molecule has 62 valence electrons. The van der Waals surface area contributed by atoms with E-state index in [0.717, 1.165) is 18.5 Å². The number of phenols is 1. The molecule has 1 aromatic rings. The highest BCUT2D eigenvalue weighted by atomic mass is 16.3. The molecule has 1 aliphatic rings. The zero-order valence-electron chi connectivity index (χ0n) is 6.64. The van der Waals surface area contributed by atoms with Gasteiger partial charge >= 0.3 is 0 Å². The Bertz CT molecular complexity index is 309. The third kappa shape index (κ3) is 1.30. The van der Waals surface area contributed by atoms with Crippen molar-refractivity contribution >= 4 is 0 Å². The minimum atomic E-state index is 0.164. The van der Waals surface area contributed by atoms with E-state index in [1.165, 1.54) is 0 Å². The fraction of sp³-hybridized carbons (Fsp3) is 0.333. The first-order chi connectivity index (χ1) is 5.86. The second-order valence-electron chi connectivity index (χ2n) is 2.88. The minimum absolute atomic E-state index is 0.164. The molecule has 1 heterocycles. The van der Waals surface area contributed by atoms with Gasteiger partial charge in [-0.25, -0.2) is 0 Å². The molecule has 1 aromatic carbocycles. The maximum Gasteiger partial charge on any atom is 0.115 e. The van der Waals surface area contributed by atoms with Crippen molar-refractivity contribution in [3.63, 3.8) is 0 Å². The molecule has 1 aliphatic heterocycles. The van der Waals surface area contributed by atoms with Crippen LogP contribution in [0.5, 0.6) is 5.75 Å². The maximum absolute atomic E-state index is 9.20. The molecule has 0 bridgehead atoms. The van der Waals surface area contributed by atoms with Crippen molar-refractivity contribution in [1.82, 2.24) is 0 Å². The van der Waals surface area contributed by atoms with Crippen LogP contribution < -0.4 is 0 Å². The fourth-order valence-corrected chi connectivity index (χ4v) is 1.36. The van der Waals surface area contributed by atoms with E-state index in [9.17, 15) is 5.11 Å². The smallest absolute Gasteiger partial charge is 0.115 e. The zero-order valence-corrected chi connectivity index (χ0v) is 6.64. The highest BCUT2D eigenvalue weighted by molar-refractivity contribution is 5.29. The molecular weight excluding hydrogens is 152 g/mol. The number of hydrogen-bond donors (Lipinski definition) is 1. The highest BCUT2D eigenvalue weighted by Gasteiger charge is 2.14. The maximum atomic E-state index is 9.20. The first-order valence-electron chi connectivity index (χ1n) is 4.02. The van der Waals surface area contributed by atoms with Crippen LogP contribution in [0.4, 0.5) is 0 Å². The number of rotatable bonds is 1. The topological polar surface area (TPSA) is 45.0 Å². The Morgan fingerprint density at radius 2 is 2.33 bits per heavy atom. The van der Waals surface area contributed by atoms with E-state index in [1.807, 2.05) is 12.1 Å². The summed E-state index contributed by atoms with van der Waals surface area (Å²) in [5, 5.41) is 17.2. The molecule has 0 fully saturated rings. The zero-order chi connectivity index (χ0) is 8.39. The van der Waals surface area contributed by atoms with E-state index >= 15 is 0 Å². The Hall–Kier alpha value is -1.38. The minimum Gasteiger partial charge on any atom is -0.508 e. The molecular formula is C9H10N2O. The molecule has 2 rings (SSSR count). The van der Waals surface area contributed by atoms with Crippen molar-refractivity contribution in [1.29, 1.82) is 0 Å². The Morgan fingerprint density at radius 1 is 1.42 bits per heavy atom. The van der Waals surface area contributed by atoms with E-state index < -0.39 is 0 Å². The lowest BCUT2D eigenvalue weighted by molar-refractivity contribution is 0.473. The lowest BCUT2D eigenvalue weighted by Gasteiger charge is -2.04. The molecule has 1 unspecified atom stereocenters. The molecule has 3 nitrogen and oxygen atoms in total. The lowest BCUT2D eigenvalue weighted by atomic mass is 10.1. The van der Waals surface area contributed by atoms with E-state index in [-0.39, 0.29) is 6.04 Å². The number of hydrogen-bond acceptors (Lipinski definition) is 3. The summed E-state index contributed by atoms with van der Waals surface area (Å²) < 4.78 is 0. The summed E-state index contributed by atoms with van der Waals surface area (Å²) in [6, 6.07) is 7.37. The average molecular weight is 162 g/mol. The van der Waals surface area contributed by atoms with Crippen molar-refractivity contribution in [2.45, 2.75) is 12.5 Å². The van der Waals surface area contributed by atoms with Crippen LogP contribution in [0, 0.1) is 0 Å². The molecule has 0 saturated heterocycles. The van der Waals surface area contributed by atoms with Crippen LogP contribution in [-0.2, 0) is 0 Å². The third-order valence-electron chi connectivity index (χ3n) is 1.98. The number of benzene rings is 1. The number of nitrogens with zero attached hydrogens (tertiary/aromatic N) is 2. The van der Waals surface area contributed by atoms with E-state index in [4.69, 9.17) is 0 Å². The molecule has 0 aromatic heterocycles. The molecule has 0 spiro atoms. The van der Waals surface area contributed by atoms with Gasteiger partial charge in [0.25, 0.3) is 0 Å². The summed E-state index contributed by atoms with van der Waals surface area (Å²) in [5.41, 5.74) is 1.05. The van der Waals surface area contributed by atoms with Gasteiger partial charge in [-0.2, -0.15) is 10.2 Å². The number of phenolic OH excluding ortho intramolecular Hbond substituents is 1. The largest absolute Gasteiger partial charge is 0.508 e. The van der Waals surface area contributed by atoms with Gasteiger partial charge in [0.1, 0.15) is 5.75 Å². The summed E-state index contributed by atoms with van der Waals surface area (Å²) in [6.07, 6.45) is 0.962. The van der Waals surface area contributed by atoms with E-state index in [2.05, 4.69) is 10.2 Å². The van der Waals surface area contributed by atoms with Crippen LogP contribution >= 0.6 is 0 Å². The van der Waals surface area contributed by atoms with Crippen LogP contribution in [0.25, 0.3) is 0 Å². The van der Waals surface area contributed by atoms with Gasteiger partial charge in [0.15, 0.2) is 0 Å². The van der Waals surface area contributed by atoms with Crippen molar-refractivity contribution in [2.75, 3.05) is 6.54 Å². The van der Waals surface area contributed by atoms with Gasteiger partial charge in [0.05, 0.1) is 12.6 Å². The monoisotopic (exact) mass is 162 g/mol. The van der Waals surface area contributed by atoms with Gasteiger partial charge in [0.2, 0.25) is 0 Å². The van der Waals surface area contributed by atoms with E-state index in [0.29, 0.717) is 5.75 Å². The first-order valence-corrected chi connectivity index (χ1v) is 4.02. The van der Waals surface area contributed by atoms with Crippen molar-refractivity contribution in [3.8, 4) is 5.75 Å². The van der Waals surface area contributed by atoms with Crippen molar-refractivity contribution in [3.05, 3.63) is 29.8 Å². The molecule has 1 atom stereocenters. The van der Waals surface area contributed by atoms with Crippen LogP contribution in [0.2, 0.25) is 0 Å². The van der Waals surface area contributed by atoms with Crippen LogP contribution in [0.15, 0.2) is 34.5 Å². The van der Waals surface area contributed by atoms with Gasteiger partial charge in [0, 0.05) is 0 Å². The van der Waals surface area contributed by atoms with Gasteiger partial charge in [-0.1, -0.05) is 12.1 Å². The number of aromatic hydroxyl groups is 1. The van der Waals surface area contributed by atoms with Crippen molar-refractivity contribution < 1.29 is 5.11 Å². The molecule has 0 saturated carbocycles. The predicted molar refractivity (Wildman–Crippen MR) is 45.2 cm³/mol. The summed E-state index contributed by atoms with van der Waals surface area (Å²) in [6.45, 7) is 0.806. The third-order valence-corrected chi connectivity index (χ3v) is 1.98. The molecule has 3 heteroatoms. The van der Waals surface area contributed by atoms with Gasteiger partial charge in [-0.05, 0) is 24.1 Å². The Balaban J connectivity index is 2.27. The van der Waals surface area contributed by atoms with Crippen LogP contribution in [-0.4, -0.2) is 11.7 Å². The Labute approximate surface area is 70.8 Å². The number of azo groups is 1. The summed E-state index contributed by atoms with van der Waals surface area (Å²) >= 11 is 0. The highest BCUT2D eigenvalue weighted by Crippen LogP contribution is 2.27. The molecule has 1 N–H and O–H groups in total. The van der Waals surface area contributed by atoms with E-state index in [1.54, 1.807) is 12.1 Å². The normalized spacial score (nSPS) is 21.5. The average Bonchev–Trinajstić information content (AvgIpc) is 2.56. The first kappa shape index (κ1) is 7.28.